The number of carbonyl (C=O) groups excluding carboxylic acids is 1. The number of rotatable bonds is 6. The molecule has 6 nitrogen and oxygen atoms in total. The molecule has 1 heterocycles. The molecule has 1 amide bonds. The number of benzene rings is 2. The van der Waals surface area contributed by atoms with Gasteiger partial charge in [0, 0.05) is 23.8 Å². The van der Waals surface area contributed by atoms with Crippen molar-refractivity contribution >= 4 is 17.5 Å². The third-order valence-corrected chi connectivity index (χ3v) is 5.03. The van der Waals surface area contributed by atoms with Gasteiger partial charge >= 0.3 is 5.69 Å². The van der Waals surface area contributed by atoms with E-state index in [1.165, 1.54) is 6.20 Å². The molecular weight excluding hydrogens is 390 g/mol. The summed E-state index contributed by atoms with van der Waals surface area (Å²) in [5.74, 6) is -0.432. The van der Waals surface area contributed by atoms with Crippen molar-refractivity contribution in [3.63, 3.8) is 0 Å². The number of nitrogens with zero attached hydrogens (tertiary/aromatic N) is 2. The smallest absolute Gasteiger partial charge is 0.328 e. The van der Waals surface area contributed by atoms with Crippen LogP contribution < -0.4 is 11.2 Å². The molecule has 3 aromatic rings. The largest absolute Gasteiger partial charge is 0.332 e. The van der Waals surface area contributed by atoms with Crippen molar-refractivity contribution in [1.29, 1.82) is 0 Å². The molecule has 29 heavy (non-hydrogen) atoms. The highest BCUT2D eigenvalue weighted by molar-refractivity contribution is 6.31. The maximum absolute atomic E-state index is 13.2. The van der Waals surface area contributed by atoms with E-state index < -0.39 is 17.2 Å². The molecule has 0 aliphatic heterocycles. The minimum Gasteiger partial charge on any atom is -0.332 e. The van der Waals surface area contributed by atoms with Crippen LogP contribution >= 0.6 is 11.6 Å². The minimum absolute atomic E-state index is 0.0185. The van der Waals surface area contributed by atoms with Gasteiger partial charge in [0.25, 0.3) is 11.5 Å². The molecule has 0 aliphatic rings. The first-order valence-electron chi connectivity index (χ1n) is 9.29. The second-order valence-electron chi connectivity index (χ2n) is 7.00. The van der Waals surface area contributed by atoms with Crippen molar-refractivity contribution in [2.45, 2.75) is 33.0 Å². The number of aromatic amines is 1. The maximum atomic E-state index is 13.2. The lowest BCUT2D eigenvalue weighted by Crippen LogP contribution is -2.44. The van der Waals surface area contributed by atoms with E-state index in [1.54, 1.807) is 29.2 Å². The van der Waals surface area contributed by atoms with Gasteiger partial charge in [-0.15, -0.1) is 0 Å². The molecule has 1 N–H and O–H groups in total. The number of carbonyl (C=O) groups is 1. The molecule has 0 aliphatic carbocycles. The molecule has 0 atom stereocenters. The van der Waals surface area contributed by atoms with Crippen LogP contribution in [0.2, 0.25) is 5.02 Å². The summed E-state index contributed by atoms with van der Waals surface area (Å²) in [4.78, 5) is 42.5. The van der Waals surface area contributed by atoms with Gasteiger partial charge in [0.2, 0.25) is 0 Å². The van der Waals surface area contributed by atoms with Crippen molar-refractivity contribution in [1.82, 2.24) is 14.5 Å². The Labute approximate surface area is 173 Å². The highest BCUT2D eigenvalue weighted by atomic mass is 35.5. The van der Waals surface area contributed by atoms with Crippen LogP contribution in [-0.4, -0.2) is 26.4 Å². The van der Waals surface area contributed by atoms with Gasteiger partial charge in [-0.25, -0.2) is 4.79 Å². The predicted molar refractivity (Wildman–Crippen MR) is 113 cm³/mol. The molecule has 0 unspecified atom stereocenters. The van der Waals surface area contributed by atoms with Crippen LogP contribution in [0, 0.1) is 0 Å². The molecular formula is C22H22ClN3O3. The van der Waals surface area contributed by atoms with Crippen molar-refractivity contribution in [3.8, 4) is 0 Å². The van der Waals surface area contributed by atoms with E-state index in [-0.39, 0.29) is 18.2 Å². The second-order valence-corrected chi connectivity index (χ2v) is 7.41. The lowest BCUT2D eigenvalue weighted by atomic mass is 10.1. The summed E-state index contributed by atoms with van der Waals surface area (Å²) in [5, 5.41) is 0.448. The average Bonchev–Trinajstić information content (AvgIpc) is 2.71. The number of hydrogen-bond donors (Lipinski definition) is 1. The zero-order valence-electron chi connectivity index (χ0n) is 16.3. The lowest BCUT2D eigenvalue weighted by Gasteiger charge is -2.27. The molecule has 7 heteroatoms. The Morgan fingerprint density at radius 1 is 1.07 bits per heavy atom. The van der Waals surface area contributed by atoms with Gasteiger partial charge < -0.3 is 9.88 Å². The number of H-pyrrole nitrogens is 1. The van der Waals surface area contributed by atoms with Gasteiger partial charge in [-0.1, -0.05) is 60.1 Å². The van der Waals surface area contributed by atoms with Crippen LogP contribution in [-0.2, 0) is 13.1 Å². The third kappa shape index (κ3) is 4.66. The molecule has 0 bridgehead atoms. The summed E-state index contributed by atoms with van der Waals surface area (Å²) in [7, 11) is 0. The van der Waals surface area contributed by atoms with Crippen LogP contribution in [0.15, 0.2) is 70.4 Å². The lowest BCUT2D eigenvalue weighted by molar-refractivity contribution is 0.0687. The van der Waals surface area contributed by atoms with E-state index in [0.717, 1.165) is 10.1 Å². The molecule has 2 aromatic carbocycles. The van der Waals surface area contributed by atoms with Crippen LogP contribution in [0.4, 0.5) is 0 Å². The van der Waals surface area contributed by atoms with Crippen LogP contribution in [0.3, 0.4) is 0 Å². The highest BCUT2D eigenvalue weighted by Gasteiger charge is 2.23. The first-order valence-corrected chi connectivity index (χ1v) is 9.67. The quantitative estimate of drug-likeness (QED) is 0.676. The summed E-state index contributed by atoms with van der Waals surface area (Å²) in [5.41, 5.74) is 0.260. The summed E-state index contributed by atoms with van der Waals surface area (Å²) in [6.45, 7) is 4.11. The fourth-order valence-electron chi connectivity index (χ4n) is 3.03. The van der Waals surface area contributed by atoms with Crippen molar-refractivity contribution in [2.24, 2.45) is 0 Å². The van der Waals surface area contributed by atoms with Gasteiger partial charge in [-0.3, -0.25) is 14.2 Å². The number of amides is 1. The van der Waals surface area contributed by atoms with Gasteiger partial charge in [-0.2, -0.15) is 0 Å². The van der Waals surface area contributed by atoms with Crippen LogP contribution in [0.25, 0.3) is 0 Å². The Bertz CT molecular complexity index is 1120. The van der Waals surface area contributed by atoms with Crippen molar-refractivity contribution < 1.29 is 4.79 Å². The first kappa shape index (κ1) is 20.6. The van der Waals surface area contributed by atoms with E-state index in [0.29, 0.717) is 17.1 Å². The monoisotopic (exact) mass is 411 g/mol. The predicted octanol–water partition coefficient (Wildman–Crippen LogP) is 3.29. The second kappa shape index (κ2) is 8.92. The number of nitrogens with one attached hydrogen (secondary N) is 1. The Hall–Kier alpha value is -3.12. The highest BCUT2D eigenvalue weighted by Crippen LogP contribution is 2.15. The summed E-state index contributed by atoms with van der Waals surface area (Å²) >= 11 is 6.16. The van der Waals surface area contributed by atoms with E-state index in [4.69, 9.17) is 11.6 Å². The van der Waals surface area contributed by atoms with Gasteiger partial charge in [0.1, 0.15) is 5.56 Å². The van der Waals surface area contributed by atoms with E-state index in [9.17, 15) is 14.4 Å². The van der Waals surface area contributed by atoms with Crippen molar-refractivity contribution in [2.75, 3.05) is 0 Å². The first-order chi connectivity index (χ1) is 13.9. The topological polar surface area (TPSA) is 75.2 Å². The van der Waals surface area contributed by atoms with E-state index in [2.05, 4.69) is 4.98 Å². The Morgan fingerprint density at radius 3 is 2.38 bits per heavy atom. The Kier molecular flexibility index (Phi) is 6.34. The Balaban J connectivity index is 1.97. The molecule has 1 aromatic heterocycles. The van der Waals surface area contributed by atoms with E-state index in [1.807, 2.05) is 44.2 Å². The summed E-state index contributed by atoms with van der Waals surface area (Å²) < 4.78 is 0.996. The molecule has 0 radical (unpaired) electrons. The maximum Gasteiger partial charge on any atom is 0.328 e. The van der Waals surface area contributed by atoms with Gasteiger partial charge in [-0.05, 0) is 31.0 Å². The zero-order valence-corrected chi connectivity index (χ0v) is 17.0. The van der Waals surface area contributed by atoms with Crippen LogP contribution in [0.1, 0.15) is 35.3 Å². The molecule has 150 valence electrons. The normalized spacial score (nSPS) is 10.9. The molecule has 0 fully saturated rings. The van der Waals surface area contributed by atoms with E-state index >= 15 is 0 Å². The minimum atomic E-state index is -0.641. The fourth-order valence-corrected chi connectivity index (χ4v) is 3.22. The summed E-state index contributed by atoms with van der Waals surface area (Å²) in [6, 6.07) is 16.4. The standard InChI is InChI=1S/C22H22ClN3O3/c1-15(2)25(13-16-8-4-3-5-9-16)20(27)18-12-24-22(29)26(21(18)28)14-17-10-6-7-11-19(17)23/h3-12,15H,13-14H2,1-2H3,(H,24,29). The number of hydrogen-bond acceptors (Lipinski definition) is 3. The van der Waals surface area contributed by atoms with Gasteiger partial charge in [0.15, 0.2) is 0 Å². The number of aromatic nitrogens is 2. The Morgan fingerprint density at radius 2 is 1.72 bits per heavy atom. The molecule has 0 saturated heterocycles. The SMILES string of the molecule is CC(C)N(Cc1ccccc1)C(=O)c1c[nH]c(=O)n(Cc2ccccc2Cl)c1=O. The molecule has 0 spiro atoms. The molecule has 3 rings (SSSR count). The molecule has 0 saturated carbocycles. The average molecular weight is 412 g/mol. The fraction of sp³-hybridized carbons (Fsp3) is 0.227. The third-order valence-electron chi connectivity index (χ3n) is 4.66. The van der Waals surface area contributed by atoms with Crippen LogP contribution in [0.5, 0.6) is 0 Å². The zero-order chi connectivity index (χ0) is 21.0. The summed E-state index contributed by atoms with van der Waals surface area (Å²) in [6.07, 6.45) is 1.19. The number of halogens is 1. The van der Waals surface area contributed by atoms with Gasteiger partial charge in [0.05, 0.1) is 6.54 Å². The van der Waals surface area contributed by atoms with Crippen molar-refractivity contribution in [3.05, 3.63) is 103 Å².